The lowest BCUT2D eigenvalue weighted by Gasteiger charge is -2.06. The molecule has 70 valence electrons. The second-order valence-electron chi connectivity index (χ2n) is 2.33. The summed E-state index contributed by atoms with van der Waals surface area (Å²) >= 11 is 7.87. The van der Waals surface area contributed by atoms with Crippen LogP contribution < -0.4 is 10.5 Å². The lowest BCUT2D eigenvalue weighted by atomic mass is 10.2. The van der Waals surface area contributed by atoms with Gasteiger partial charge in [-0.25, -0.2) is 0 Å². The molecule has 0 saturated heterocycles. The molecular formula is C8H7ClINO2. The zero-order valence-electron chi connectivity index (χ0n) is 6.80. The van der Waals surface area contributed by atoms with E-state index in [1.165, 1.54) is 13.2 Å². The van der Waals surface area contributed by atoms with Gasteiger partial charge in [0.1, 0.15) is 5.75 Å². The van der Waals surface area contributed by atoms with E-state index < -0.39 is 5.91 Å². The average Bonchev–Trinajstić information content (AvgIpc) is 2.08. The molecule has 0 fully saturated rings. The highest BCUT2D eigenvalue weighted by Gasteiger charge is 2.11. The largest absolute Gasteiger partial charge is 0.496 e. The number of methoxy groups -OCH3 is 1. The third-order valence-corrected chi connectivity index (χ3v) is 3.03. The zero-order chi connectivity index (χ0) is 10.0. The molecule has 0 aliphatic carbocycles. The SMILES string of the molecule is COc1cc(I)c(Cl)cc1C(N)=O. The van der Waals surface area contributed by atoms with Crippen molar-refractivity contribution in [3.8, 4) is 5.75 Å². The molecule has 1 rings (SSSR count). The molecule has 3 nitrogen and oxygen atoms in total. The summed E-state index contributed by atoms with van der Waals surface area (Å²) in [6.45, 7) is 0. The fraction of sp³-hybridized carbons (Fsp3) is 0.125. The molecule has 13 heavy (non-hydrogen) atoms. The van der Waals surface area contributed by atoms with Crippen molar-refractivity contribution in [2.24, 2.45) is 5.73 Å². The van der Waals surface area contributed by atoms with E-state index in [-0.39, 0.29) is 0 Å². The predicted octanol–water partition coefficient (Wildman–Crippen LogP) is 2.05. The number of carbonyl (C=O) groups excluding carboxylic acids is 1. The van der Waals surface area contributed by atoms with Crippen LogP contribution in [0.4, 0.5) is 0 Å². The van der Waals surface area contributed by atoms with Crippen molar-refractivity contribution in [3.05, 3.63) is 26.3 Å². The van der Waals surface area contributed by atoms with Crippen molar-refractivity contribution in [2.45, 2.75) is 0 Å². The van der Waals surface area contributed by atoms with Crippen molar-refractivity contribution in [1.29, 1.82) is 0 Å². The van der Waals surface area contributed by atoms with Crippen molar-refractivity contribution < 1.29 is 9.53 Å². The van der Waals surface area contributed by atoms with Gasteiger partial charge in [-0.05, 0) is 34.7 Å². The Labute approximate surface area is 94.3 Å². The molecular weight excluding hydrogens is 304 g/mol. The molecule has 0 aromatic heterocycles. The van der Waals surface area contributed by atoms with Crippen LogP contribution in [0.5, 0.6) is 5.75 Å². The zero-order valence-corrected chi connectivity index (χ0v) is 9.72. The number of carbonyl (C=O) groups is 1. The highest BCUT2D eigenvalue weighted by molar-refractivity contribution is 14.1. The molecule has 0 bridgehead atoms. The van der Waals surface area contributed by atoms with E-state index in [4.69, 9.17) is 22.1 Å². The van der Waals surface area contributed by atoms with Crippen LogP contribution in [0, 0.1) is 3.57 Å². The Morgan fingerprint density at radius 3 is 2.69 bits per heavy atom. The van der Waals surface area contributed by atoms with Crippen LogP contribution in [0.25, 0.3) is 0 Å². The maximum atomic E-state index is 10.9. The molecule has 0 heterocycles. The summed E-state index contributed by atoms with van der Waals surface area (Å²) in [5.74, 6) is -0.101. The Hall–Kier alpha value is -0.490. The van der Waals surface area contributed by atoms with E-state index in [1.807, 2.05) is 22.6 Å². The second-order valence-corrected chi connectivity index (χ2v) is 3.90. The fourth-order valence-corrected chi connectivity index (χ4v) is 1.49. The predicted molar refractivity (Wildman–Crippen MR) is 59.2 cm³/mol. The van der Waals surface area contributed by atoms with E-state index in [0.29, 0.717) is 16.3 Å². The van der Waals surface area contributed by atoms with Crippen molar-refractivity contribution in [3.63, 3.8) is 0 Å². The number of ether oxygens (including phenoxy) is 1. The number of hydrogen-bond acceptors (Lipinski definition) is 2. The summed E-state index contributed by atoms with van der Waals surface area (Å²) in [5, 5.41) is 0.496. The van der Waals surface area contributed by atoms with Gasteiger partial charge < -0.3 is 10.5 Å². The van der Waals surface area contributed by atoms with Gasteiger partial charge in [-0.1, -0.05) is 11.6 Å². The molecule has 0 atom stereocenters. The monoisotopic (exact) mass is 311 g/mol. The van der Waals surface area contributed by atoms with Crippen LogP contribution >= 0.6 is 34.2 Å². The summed E-state index contributed by atoms with van der Waals surface area (Å²) in [6.07, 6.45) is 0. The highest BCUT2D eigenvalue weighted by atomic mass is 127. The van der Waals surface area contributed by atoms with Crippen LogP contribution in [-0.2, 0) is 0 Å². The normalized spacial score (nSPS) is 9.77. The standard InChI is InChI=1S/C8H7ClINO2/c1-13-7-3-6(10)5(9)2-4(7)8(11)12/h2-3H,1H3,(H2,11,12). The van der Waals surface area contributed by atoms with E-state index >= 15 is 0 Å². The van der Waals surface area contributed by atoms with Gasteiger partial charge in [-0.15, -0.1) is 0 Å². The molecule has 0 unspecified atom stereocenters. The first kappa shape index (κ1) is 10.6. The van der Waals surface area contributed by atoms with Gasteiger partial charge in [-0.2, -0.15) is 0 Å². The van der Waals surface area contributed by atoms with Crippen LogP contribution in [0.1, 0.15) is 10.4 Å². The van der Waals surface area contributed by atoms with Crippen LogP contribution in [0.3, 0.4) is 0 Å². The van der Waals surface area contributed by atoms with Crippen LogP contribution in [-0.4, -0.2) is 13.0 Å². The van der Waals surface area contributed by atoms with Gasteiger partial charge >= 0.3 is 0 Å². The highest BCUT2D eigenvalue weighted by Crippen LogP contribution is 2.27. The molecule has 0 radical (unpaired) electrons. The maximum absolute atomic E-state index is 10.9. The number of halogens is 2. The molecule has 0 aliphatic heterocycles. The molecule has 0 aliphatic rings. The maximum Gasteiger partial charge on any atom is 0.252 e. The first-order valence-electron chi connectivity index (χ1n) is 3.39. The number of amides is 1. The number of hydrogen-bond donors (Lipinski definition) is 1. The fourth-order valence-electron chi connectivity index (χ4n) is 0.890. The summed E-state index contributed by atoms with van der Waals surface area (Å²) in [4.78, 5) is 10.9. The van der Waals surface area contributed by atoms with Crippen molar-refractivity contribution in [1.82, 2.24) is 0 Å². The summed E-state index contributed by atoms with van der Waals surface area (Å²) < 4.78 is 5.80. The Kier molecular flexibility index (Phi) is 3.38. The first-order chi connectivity index (χ1) is 6.06. The quantitative estimate of drug-likeness (QED) is 0.850. The average molecular weight is 312 g/mol. The topological polar surface area (TPSA) is 52.3 Å². The summed E-state index contributed by atoms with van der Waals surface area (Å²) in [7, 11) is 1.48. The lowest BCUT2D eigenvalue weighted by Crippen LogP contribution is -2.12. The molecule has 0 spiro atoms. The molecule has 2 N–H and O–H groups in total. The third-order valence-electron chi connectivity index (χ3n) is 1.51. The van der Waals surface area contributed by atoms with Gasteiger partial charge in [0.15, 0.2) is 0 Å². The van der Waals surface area contributed by atoms with Gasteiger partial charge in [0.05, 0.1) is 17.7 Å². The molecule has 5 heteroatoms. The summed E-state index contributed by atoms with van der Waals surface area (Å²) in [6, 6.07) is 3.17. The minimum Gasteiger partial charge on any atom is -0.496 e. The van der Waals surface area contributed by atoms with E-state index in [0.717, 1.165) is 3.57 Å². The smallest absolute Gasteiger partial charge is 0.252 e. The van der Waals surface area contributed by atoms with E-state index in [2.05, 4.69) is 0 Å². The molecule has 0 saturated carbocycles. The van der Waals surface area contributed by atoms with E-state index in [1.54, 1.807) is 6.07 Å². The van der Waals surface area contributed by atoms with Gasteiger partial charge in [0.2, 0.25) is 0 Å². The minimum atomic E-state index is -0.546. The molecule has 1 amide bonds. The van der Waals surface area contributed by atoms with Crippen molar-refractivity contribution in [2.75, 3.05) is 7.11 Å². The van der Waals surface area contributed by atoms with Crippen molar-refractivity contribution >= 4 is 40.1 Å². The van der Waals surface area contributed by atoms with Gasteiger partial charge in [0.25, 0.3) is 5.91 Å². The first-order valence-corrected chi connectivity index (χ1v) is 4.84. The number of nitrogens with two attached hydrogens (primary N) is 1. The Morgan fingerprint density at radius 1 is 1.62 bits per heavy atom. The number of rotatable bonds is 2. The Balaban J connectivity index is 3.33. The Morgan fingerprint density at radius 2 is 2.23 bits per heavy atom. The number of benzene rings is 1. The van der Waals surface area contributed by atoms with Crippen LogP contribution in [0.15, 0.2) is 12.1 Å². The van der Waals surface area contributed by atoms with E-state index in [9.17, 15) is 4.79 Å². The van der Waals surface area contributed by atoms with Crippen LogP contribution in [0.2, 0.25) is 5.02 Å². The van der Waals surface area contributed by atoms with Gasteiger partial charge in [-0.3, -0.25) is 4.79 Å². The molecule has 1 aromatic rings. The van der Waals surface area contributed by atoms with Gasteiger partial charge in [0, 0.05) is 3.57 Å². The second kappa shape index (κ2) is 4.15. The number of primary amides is 1. The third kappa shape index (κ3) is 2.25. The lowest BCUT2D eigenvalue weighted by molar-refractivity contribution is 0.0997. The summed E-state index contributed by atoms with van der Waals surface area (Å²) in [5.41, 5.74) is 5.43. The minimum absolute atomic E-state index is 0.299. The molecule has 1 aromatic carbocycles. The Bertz CT molecular complexity index is 354.